The molecule has 6 nitrogen and oxygen atoms in total. The zero-order valence-corrected chi connectivity index (χ0v) is 44.4. The number of hydrogen-bond acceptors (Lipinski definition) is 3. The van der Waals surface area contributed by atoms with Gasteiger partial charge in [0.05, 0.1) is 34.3 Å². The minimum absolute atomic E-state index is 0.511. The third kappa shape index (κ3) is 8.40. The molecule has 0 saturated heterocycles. The summed E-state index contributed by atoms with van der Waals surface area (Å²) in [6.07, 6.45) is 0. The molecule has 82 heavy (non-hydrogen) atoms. The molecule has 0 unspecified atom stereocenters. The molecular weight excluding hydrogens is 997 g/mol. The third-order valence-electron chi connectivity index (χ3n) is 15.8. The molecule has 0 fully saturated rings. The molecular formula is C76H48N6. The van der Waals surface area contributed by atoms with Crippen LogP contribution in [0.15, 0.2) is 291 Å². The van der Waals surface area contributed by atoms with E-state index in [9.17, 15) is 0 Å². The van der Waals surface area contributed by atoms with Crippen molar-refractivity contribution in [3.63, 3.8) is 0 Å². The fraction of sp³-hybridized carbons (Fsp3) is 0. The van der Waals surface area contributed by atoms with Gasteiger partial charge in [-0.2, -0.15) is 0 Å². The smallest absolute Gasteiger partial charge is 0.197 e. The molecule has 0 aliphatic heterocycles. The Bertz CT molecular complexity index is 4700. The zero-order valence-electron chi connectivity index (χ0n) is 44.4. The van der Waals surface area contributed by atoms with Gasteiger partial charge in [-0.1, -0.05) is 218 Å². The number of nitrogens with zero attached hydrogens (tertiary/aromatic N) is 6. The summed E-state index contributed by atoms with van der Waals surface area (Å²) in [4.78, 5) is 20.0. The summed E-state index contributed by atoms with van der Waals surface area (Å²) in [6, 6.07) is 102. The molecule has 0 radical (unpaired) electrons. The minimum atomic E-state index is 0.511. The fourth-order valence-corrected chi connectivity index (χ4v) is 11.9. The van der Waals surface area contributed by atoms with E-state index < -0.39 is 0 Å². The predicted octanol–water partition coefficient (Wildman–Crippen LogP) is 20.0. The number of benzene rings is 12. The Balaban J connectivity index is 1.04. The first-order valence-electron chi connectivity index (χ1n) is 27.5. The highest BCUT2D eigenvalue weighted by molar-refractivity contribution is 6.14. The summed E-state index contributed by atoms with van der Waals surface area (Å²) in [5.41, 5.74) is 19.7. The lowest BCUT2D eigenvalue weighted by molar-refractivity contribution is 1.07. The van der Waals surface area contributed by atoms with Crippen molar-refractivity contribution in [2.45, 2.75) is 0 Å². The lowest BCUT2D eigenvalue weighted by Gasteiger charge is -2.21. The van der Waals surface area contributed by atoms with Crippen molar-refractivity contribution in [2.75, 3.05) is 0 Å². The van der Waals surface area contributed by atoms with Crippen LogP contribution in [0.25, 0.3) is 150 Å². The first-order chi connectivity index (χ1) is 40.6. The molecule has 0 bridgehead atoms. The summed E-state index contributed by atoms with van der Waals surface area (Å²) in [5, 5.41) is 4.46. The van der Waals surface area contributed by atoms with E-state index in [0.717, 1.165) is 127 Å². The third-order valence-corrected chi connectivity index (χ3v) is 15.8. The molecule has 0 aliphatic rings. The van der Waals surface area contributed by atoms with E-state index in [0.29, 0.717) is 23.2 Å². The van der Waals surface area contributed by atoms with Gasteiger partial charge in [-0.3, -0.25) is 0 Å². The maximum atomic E-state index is 9.09. The topological polar surface area (TPSA) is 52.9 Å². The second kappa shape index (κ2) is 20.2. The molecule has 15 aromatic rings. The van der Waals surface area contributed by atoms with Gasteiger partial charge in [0.1, 0.15) is 0 Å². The lowest BCUT2D eigenvalue weighted by atomic mass is 9.96. The van der Waals surface area contributed by atoms with E-state index in [1.54, 1.807) is 0 Å². The summed E-state index contributed by atoms with van der Waals surface area (Å²) in [6.45, 7) is 9.09. The van der Waals surface area contributed by atoms with Crippen LogP contribution in [0.5, 0.6) is 0 Å². The van der Waals surface area contributed by atoms with Crippen LogP contribution in [0.1, 0.15) is 0 Å². The standard InChI is InChI=1S/C76H48N6/c1-77-66-33-20-34-72(82-69-42-37-58(52-25-12-4-13-26-52)47-63(69)64-48-59(38-43-70(64)82)53-27-14-5-15-28-53)73(66)65-49-60(76-79-74(54-29-16-6-17-30-54)78-75(80-76)55-31-18-7-19-32-55)39-44-71(65)81-67-40-35-56(50-21-8-2-9-22-50)45-61(67)62-46-57(36-41-68(62)81)51-23-10-3-11-24-51/h2-49H. The summed E-state index contributed by atoms with van der Waals surface area (Å²) in [7, 11) is 0. The van der Waals surface area contributed by atoms with Crippen molar-refractivity contribution >= 4 is 49.3 Å². The zero-order chi connectivity index (χ0) is 54.5. The highest BCUT2D eigenvalue weighted by Gasteiger charge is 2.25. The van der Waals surface area contributed by atoms with Crippen LogP contribution in [-0.2, 0) is 0 Å². The van der Waals surface area contributed by atoms with Gasteiger partial charge >= 0.3 is 0 Å². The Labute approximate surface area is 474 Å². The number of rotatable bonds is 10. The molecule has 12 aromatic carbocycles. The average molecular weight is 1050 g/mol. The molecule has 0 atom stereocenters. The molecule has 382 valence electrons. The van der Waals surface area contributed by atoms with Gasteiger partial charge in [-0.25, -0.2) is 19.8 Å². The van der Waals surface area contributed by atoms with Gasteiger partial charge in [0.15, 0.2) is 23.2 Å². The first-order valence-corrected chi connectivity index (χ1v) is 27.5. The van der Waals surface area contributed by atoms with E-state index >= 15 is 0 Å². The second-order valence-electron chi connectivity index (χ2n) is 20.6. The van der Waals surface area contributed by atoms with Gasteiger partial charge in [0.25, 0.3) is 0 Å². The maximum absolute atomic E-state index is 9.09. The number of fused-ring (bicyclic) bond motifs is 6. The molecule has 0 N–H and O–H groups in total. The molecule has 0 aliphatic carbocycles. The van der Waals surface area contributed by atoms with Crippen molar-refractivity contribution in [1.82, 2.24) is 24.1 Å². The van der Waals surface area contributed by atoms with Crippen molar-refractivity contribution in [3.05, 3.63) is 303 Å². The van der Waals surface area contributed by atoms with Crippen molar-refractivity contribution in [1.29, 1.82) is 0 Å². The summed E-state index contributed by atoms with van der Waals surface area (Å²) in [5.74, 6) is 1.65. The molecule has 15 rings (SSSR count). The minimum Gasteiger partial charge on any atom is -0.310 e. The van der Waals surface area contributed by atoms with Crippen LogP contribution in [-0.4, -0.2) is 24.1 Å². The Morgan fingerprint density at radius 1 is 0.256 bits per heavy atom. The highest BCUT2D eigenvalue weighted by atomic mass is 15.0. The van der Waals surface area contributed by atoms with Gasteiger partial charge < -0.3 is 9.13 Å². The van der Waals surface area contributed by atoms with E-state index in [-0.39, 0.29) is 0 Å². The molecule has 0 spiro atoms. The monoisotopic (exact) mass is 1040 g/mol. The first kappa shape index (κ1) is 47.9. The normalized spacial score (nSPS) is 11.4. The van der Waals surface area contributed by atoms with Gasteiger partial charge in [0, 0.05) is 49.5 Å². The Kier molecular flexibility index (Phi) is 11.8. The van der Waals surface area contributed by atoms with Crippen LogP contribution < -0.4 is 0 Å². The Hall–Kier alpha value is -11.3. The molecule has 0 saturated carbocycles. The fourth-order valence-electron chi connectivity index (χ4n) is 11.9. The molecule has 6 heteroatoms. The van der Waals surface area contributed by atoms with Gasteiger partial charge in [0.2, 0.25) is 0 Å². The van der Waals surface area contributed by atoms with Crippen molar-refractivity contribution in [3.8, 4) is 101 Å². The SMILES string of the molecule is [C-]#[N+]c1cccc(-n2c3ccc(-c4ccccc4)cc3c3cc(-c4ccccc4)ccc32)c1-c1cc(-c2nc(-c3ccccc3)nc(-c3ccccc3)n2)ccc1-n1c2ccc(-c3ccccc3)cc2c2cc(-c3ccccc3)ccc21. The van der Waals surface area contributed by atoms with E-state index in [1.165, 1.54) is 0 Å². The largest absolute Gasteiger partial charge is 0.310 e. The summed E-state index contributed by atoms with van der Waals surface area (Å²) >= 11 is 0. The van der Waals surface area contributed by atoms with Crippen molar-refractivity contribution in [2.24, 2.45) is 0 Å². The number of aromatic nitrogens is 5. The quantitative estimate of drug-likeness (QED) is 0.128. The van der Waals surface area contributed by atoms with Crippen LogP contribution in [0.2, 0.25) is 0 Å². The molecule has 0 amide bonds. The van der Waals surface area contributed by atoms with Crippen molar-refractivity contribution < 1.29 is 0 Å². The predicted molar refractivity (Wildman–Crippen MR) is 338 cm³/mol. The van der Waals surface area contributed by atoms with Crippen LogP contribution in [0.4, 0.5) is 5.69 Å². The molecule has 3 heterocycles. The highest BCUT2D eigenvalue weighted by Crippen LogP contribution is 2.47. The summed E-state index contributed by atoms with van der Waals surface area (Å²) < 4.78 is 4.75. The maximum Gasteiger partial charge on any atom is 0.197 e. The van der Waals surface area contributed by atoms with Gasteiger partial charge in [-0.05, 0) is 123 Å². The second-order valence-corrected chi connectivity index (χ2v) is 20.6. The van der Waals surface area contributed by atoms with Gasteiger partial charge in [-0.15, -0.1) is 0 Å². The van der Waals surface area contributed by atoms with E-state index in [1.807, 2.05) is 72.8 Å². The Morgan fingerprint density at radius 3 is 0.927 bits per heavy atom. The van der Waals surface area contributed by atoms with Crippen LogP contribution in [0, 0.1) is 6.57 Å². The Morgan fingerprint density at radius 2 is 0.573 bits per heavy atom. The lowest BCUT2D eigenvalue weighted by Crippen LogP contribution is -2.04. The number of hydrogen-bond donors (Lipinski definition) is 0. The van der Waals surface area contributed by atoms with E-state index in [2.05, 4.69) is 232 Å². The van der Waals surface area contributed by atoms with Crippen LogP contribution in [0.3, 0.4) is 0 Å². The van der Waals surface area contributed by atoms with Crippen LogP contribution >= 0.6 is 0 Å². The molecule has 3 aromatic heterocycles. The van der Waals surface area contributed by atoms with E-state index in [4.69, 9.17) is 21.5 Å². The average Bonchev–Trinajstić information content (AvgIpc) is 4.29.